The largest absolute Gasteiger partial charge is 0.383 e. The summed E-state index contributed by atoms with van der Waals surface area (Å²) in [6.07, 6.45) is 1.28. The molecule has 0 aromatic rings. The minimum atomic E-state index is -0.184. The van der Waals surface area contributed by atoms with E-state index >= 15 is 0 Å². The van der Waals surface area contributed by atoms with Crippen molar-refractivity contribution < 1.29 is 14.3 Å². The van der Waals surface area contributed by atoms with Crippen LogP contribution in [0.3, 0.4) is 0 Å². The van der Waals surface area contributed by atoms with Gasteiger partial charge in [-0.15, -0.1) is 0 Å². The molecule has 0 radical (unpaired) electrons. The Balaban J connectivity index is 2.33. The van der Waals surface area contributed by atoms with E-state index in [4.69, 9.17) is 4.74 Å². The SMILES string of the molecule is CCCN1C[C@H](C(=O)NCCOC)CC1=O. The van der Waals surface area contributed by atoms with Gasteiger partial charge in [-0.2, -0.15) is 0 Å². The van der Waals surface area contributed by atoms with Crippen molar-refractivity contribution in [1.29, 1.82) is 0 Å². The fourth-order valence-corrected chi connectivity index (χ4v) is 1.85. The zero-order chi connectivity index (χ0) is 12.0. The normalized spacial score (nSPS) is 20.2. The van der Waals surface area contributed by atoms with Gasteiger partial charge in [-0.1, -0.05) is 6.92 Å². The average Bonchev–Trinajstić information content (AvgIpc) is 2.61. The van der Waals surface area contributed by atoms with E-state index in [1.165, 1.54) is 0 Å². The second-order valence-corrected chi connectivity index (χ2v) is 4.02. The molecule has 1 aliphatic rings. The molecule has 1 heterocycles. The number of hydrogen-bond acceptors (Lipinski definition) is 3. The molecule has 0 unspecified atom stereocenters. The number of carbonyl (C=O) groups is 2. The highest BCUT2D eigenvalue weighted by Crippen LogP contribution is 2.17. The van der Waals surface area contributed by atoms with Crippen LogP contribution in [0.5, 0.6) is 0 Å². The van der Waals surface area contributed by atoms with Crippen molar-refractivity contribution in [3.05, 3.63) is 0 Å². The van der Waals surface area contributed by atoms with Crippen molar-refractivity contribution in [2.24, 2.45) is 5.92 Å². The Morgan fingerprint density at radius 3 is 3.00 bits per heavy atom. The smallest absolute Gasteiger partial charge is 0.225 e. The Labute approximate surface area is 96.1 Å². The summed E-state index contributed by atoms with van der Waals surface area (Å²) in [6.45, 7) is 4.35. The molecule has 0 bridgehead atoms. The monoisotopic (exact) mass is 228 g/mol. The summed E-state index contributed by atoms with van der Waals surface area (Å²) in [5.74, 6) is -0.131. The van der Waals surface area contributed by atoms with E-state index in [-0.39, 0.29) is 17.7 Å². The molecule has 5 heteroatoms. The minimum Gasteiger partial charge on any atom is -0.383 e. The summed E-state index contributed by atoms with van der Waals surface area (Å²) >= 11 is 0. The molecule has 1 aliphatic heterocycles. The van der Waals surface area contributed by atoms with E-state index < -0.39 is 0 Å². The molecule has 2 amide bonds. The number of nitrogens with zero attached hydrogens (tertiary/aromatic N) is 1. The van der Waals surface area contributed by atoms with Gasteiger partial charge in [0.2, 0.25) is 11.8 Å². The lowest BCUT2D eigenvalue weighted by Gasteiger charge is -2.15. The van der Waals surface area contributed by atoms with Gasteiger partial charge in [-0.3, -0.25) is 9.59 Å². The second kappa shape index (κ2) is 6.48. The van der Waals surface area contributed by atoms with Gasteiger partial charge in [0.15, 0.2) is 0 Å². The van der Waals surface area contributed by atoms with E-state index in [1.807, 2.05) is 6.92 Å². The van der Waals surface area contributed by atoms with Gasteiger partial charge >= 0.3 is 0 Å². The quantitative estimate of drug-likeness (QED) is 0.651. The summed E-state index contributed by atoms with van der Waals surface area (Å²) in [5, 5.41) is 2.77. The predicted octanol–water partition coefficient (Wildman–Crippen LogP) is 0.00750. The van der Waals surface area contributed by atoms with Crippen molar-refractivity contribution in [2.45, 2.75) is 19.8 Å². The van der Waals surface area contributed by atoms with Crippen LogP contribution in [0.15, 0.2) is 0 Å². The van der Waals surface area contributed by atoms with Crippen LogP contribution in [-0.4, -0.2) is 50.1 Å². The first-order chi connectivity index (χ1) is 7.69. The zero-order valence-electron chi connectivity index (χ0n) is 9.99. The Kier molecular flexibility index (Phi) is 5.25. The van der Waals surface area contributed by atoms with E-state index in [0.717, 1.165) is 13.0 Å². The molecule has 0 spiro atoms. The molecule has 1 N–H and O–H groups in total. The van der Waals surface area contributed by atoms with Crippen molar-refractivity contribution >= 4 is 11.8 Å². The van der Waals surface area contributed by atoms with Crippen molar-refractivity contribution in [3.8, 4) is 0 Å². The summed E-state index contributed by atoms with van der Waals surface area (Å²) < 4.78 is 4.84. The standard InChI is InChI=1S/C11H20N2O3/c1-3-5-13-8-9(7-10(13)14)11(15)12-4-6-16-2/h9H,3-8H2,1-2H3,(H,12,15)/t9-/m1/s1. The van der Waals surface area contributed by atoms with Gasteiger partial charge in [-0.05, 0) is 6.42 Å². The number of hydrogen-bond donors (Lipinski definition) is 1. The molecule has 0 aromatic carbocycles. The lowest BCUT2D eigenvalue weighted by Crippen LogP contribution is -2.34. The fourth-order valence-electron chi connectivity index (χ4n) is 1.85. The summed E-state index contributed by atoms with van der Waals surface area (Å²) in [6, 6.07) is 0. The van der Waals surface area contributed by atoms with Crippen LogP contribution in [0.25, 0.3) is 0 Å². The van der Waals surface area contributed by atoms with Gasteiger partial charge in [-0.25, -0.2) is 0 Å². The van der Waals surface area contributed by atoms with Crippen LogP contribution in [0.2, 0.25) is 0 Å². The van der Waals surface area contributed by atoms with Crippen LogP contribution < -0.4 is 5.32 Å². The Bertz CT molecular complexity index is 256. The number of methoxy groups -OCH3 is 1. The maximum absolute atomic E-state index is 11.7. The number of likely N-dealkylation sites (tertiary alicyclic amines) is 1. The molecule has 1 saturated heterocycles. The van der Waals surface area contributed by atoms with Gasteiger partial charge in [0.25, 0.3) is 0 Å². The summed E-state index contributed by atoms with van der Waals surface area (Å²) in [7, 11) is 1.59. The molecule has 0 aliphatic carbocycles. The van der Waals surface area contributed by atoms with Crippen molar-refractivity contribution in [2.75, 3.05) is 33.4 Å². The molecule has 1 rings (SSSR count). The average molecular weight is 228 g/mol. The summed E-state index contributed by atoms with van der Waals surface area (Å²) in [5.41, 5.74) is 0. The molecular weight excluding hydrogens is 208 g/mol. The highest BCUT2D eigenvalue weighted by Gasteiger charge is 2.33. The van der Waals surface area contributed by atoms with Crippen molar-refractivity contribution in [1.82, 2.24) is 10.2 Å². The third-order valence-corrected chi connectivity index (χ3v) is 2.68. The molecule has 0 aromatic heterocycles. The van der Waals surface area contributed by atoms with Gasteiger partial charge in [0.05, 0.1) is 12.5 Å². The van der Waals surface area contributed by atoms with E-state index in [2.05, 4.69) is 5.32 Å². The molecule has 1 fully saturated rings. The molecule has 1 atom stereocenters. The van der Waals surface area contributed by atoms with Crippen LogP contribution in [0.1, 0.15) is 19.8 Å². The number of amides is 2. The molecule has 0 saturated carbocycles. The first kappa shape index (κ1) is 13.0. The fraction of sp³-hybridized carbons (Fsp3) is 0.818. The topological polar surface area (TPSA) is 58.6 Å². The minimum absolute atomic E-state index is 0.0380. The molecular formula is C11H20N2O3. The maximum Gasteiger partial charge on any atom is 0.225 e. The third-order valence-electron chi connectivity index (χ3n) is 2.68. The van der Waals surface area contributed by atoms with Crippen LogP contribution in [0, 0.1) is 5.92 Å². The number of rotatable bonds is 6. The Morgan fingerprint density at radius 1 is 1.62 bits per heavy atom. The van der Waals surface area contributed by atoms with Crippen LogP contribution in [0.4, 0.5) is 0 Å². The van der Waals surface area contributed by atoms with Gasteiger partial charge in [0.1, 0.15) is 0 Å². The van der Waals surface area contributed by atoms with Gasteiger partial charge < -0.3 is 15.0 Å². The number of ether oxygens (including phenoxy) is 1. The van der Waals surface area contributed by atoms with Gasteiger partial charge in [0, 0.05) is 33.2 Å². The van der Waals surface area contributed by atoms with Crippen LogP contribution >= 0.6 is 0 Å². The highest BCUT2D eigenvalue weighted by atomic mass is 16.5. The second-order valence-electron chi connectivity index (χ2n) is 4.02. The maximum atomic E-state index is 11.7. The van der Waals surface area contributed by atoms with E-state index in [1.54, 1.807) is 12.0 Å². The third kappa shape index (κ3) is 3.48. The lowest BCUT2D eigenvalue weighted by molar-refractivity contribution is -0.129. The van der Waals surface area contributed by atoms with Crippen molar-refractivity contribution in [3.63, 3.8) is 0 Å². The van der Waals surface area contributed by atoms with E-state index in [0.29, 0.717) is 26.1 Å². The number of carbonyl (C=O) groups excluding carboxylic acids is 2. The van der Waals surface area contributed by atoms with Crippen LogP contribution in [-0.2, 0) is 14.3 Å². The first-order valence-corrected chi connectivity index (χ1v) is 5.73. The molecule has 5 nitrogen and oxygen atoms in total. The lowest BCUT2D eigenvalue weighted by atomic mass is 10.1. The summed E-state index contributed by atoms with van der Waals surface area (Å²) in [4.78, 5) is 25.0. The molecule has 16 heavy (non-hydrogen) atoms. The molecule has 92 valence electrons. The predicted molar refractivity (Wildman–Crippen MR) is 59.9 cm³/mol. The Hall–Kier alpha value is -1.10. The number of nitrogens with one attached hydrogen (secondary N) is 1. The van der Waals surface area contributed by atoms with E-state index in [9.17, 15) is 9.59 Å². The zero-order valence-corrected chi connectivity index (χ0v) is 9.99. The highest BCUT2D eigenvalue weighted by molar-refractivity contribution is 5.89. The first-order valence-electron chi connectivity index (χ1n) is 5.73. The Morgan fingerprint density at radius 2 is 2.38 bits per heavy atom.